The van der Waals surface area contributed by atoms with Gasteiger partial charge in [0.2, 0.25) is 5.91 Å². The molecule has 5 heteroatoms. The zero-order valence-corrected chi connectivity index (χ0v) is 12.5. The number of amides is 1. The van der Waals surface area contributed by atoms with Crippen LogP contribution in [0.15, 0.2) is 76.2 Å². The molecule has 1 aromatic heterocycles. The molecule has 0 saturated carbocycles. The maximum absolute atomic E-state index is 11.4. The van der Waals surface area contributed by atoms with Crippen molar-refractivity contribution < 1.29 is 9.21 Å². The van der Waals surface area contributed by atoms with Gasteiger partial charge in [-0.2, -0.15) is 0 Å². The largest absolute Gasteiger partial charge is 0.464 e. The van der Waals surface area contributed by atoms with E-state index >= 15 is 0 Å². The number of carbonyl (C=O) groups excluding carboxylic acids is 1. The lowest BCUT2D eigenvalue weighted by Gasteiger charge is -2.11. The molecule has 0 fully saturated rings. The highest BCUT2D eigenvalue weighted by Gasteiger charge is 2.11. The van der Waals surface area contributed by atoms with Crippen LogP contribution in [-0.2, 0) is 0 Å². The molecule has 0 spiro atoms. The highest BCUT2D eigenvalue weighted by atomic mass is 32.2. The lowest BCUT2D eigenvalue weighted by Crippen LogP contribution is -2.11. The number of hydrogen-bond acceptors (Lipinski definition) is 4. The van der Waals surface area contributed by atoms with Gasteiger partial charge >= 0.3 is 0 Å². The molecular formula is C17H14N2O2S. The Kier molecular flexibility index (Phi) is 4.16. The molecule has 0 atom stereocenters. The van der Waals surface area contributed by atoms with Crippen LogP contribution in [0.4, 0.5) is 5.69 Å². The molecule has 0 aliphatic heterocycles. The summed E-state index contributed by atoms with van der Waals surface area (Å²) in [6, 6.07) is 18.9. The Balaban J connectivity index is 1.92. The molecule has 0 radical (unpaired) electrons. The summed E-state index contributed by atoms with van der Waals surface area (Å²) in [5, 5.41) is 0. The monoisotopic (exact) mass is 310 g/mol. The maximum atomic E-state index is 11.4. The third-order valence-corrected chi connectivity index (χ3v) is 3.94. The van der Waals surface area contributed by atoms with Gasteiger partial charge in [-0.3, -0.25) is 4.79 Å². The summed E-state index contributed by atoms with van der Waals surface area (Å²) < 4.78 is 8.71. The number of nitrogens with two attached hydrogens (primary N) is 1. The maximum Gasteiger partial charge on any atom is 0.248 e. The van der Waals surface area contributed by atoms with E-state index in [-0.39, 0.29) is 0 Å². The van der Waals surface area contributed by atoms with Gasteiger partial charge in [-0.05, 0) is 54.4 Å². The molecule has 2 aromatic carbocycles. The Morgan fingerprint density at radius 1 is 1.05 bits per heavy atom. The average molecular weight is 310 g/mol. The van der Waals surface area contributed by atoms with E-state index in [0.717, 1.165) is 21.9 Å². The van der Waals surface area contributed by atoms with Crippen molar-refractivity contribution in [3.05, 3.63) is 72.5 Å². The van der Waals surface area contributed by atoms with Crippen molar-refractivity contribution in [2.24, 2.45) is 5.73 Å². The fourth-order valence-electron chi connectivity index (χ4n) is 2.03. The normalized spacial score (nSPS) is 10.4. The van der Waals surface area contributed by atoms with E-state index in [0.29, 0.717) is 5.56 Å². The SMILES string of the molecule is NC(=O)c1ccc(-c2ccco2)c(NSc2ccccc2)c1. The first-order valence-electron chi connectivity index (χ1n) is 6.69. The minimum absolute atomic E-state index is 0.450. The predicted octanol–water partition coefficient (Wildman–Crippen LogP) is 4.16. The number of hydrogen-bond donors (Lipinski definition) is 2. The third-order valence-electron chi connectivity index (χ3n) is 3.11. The molecular weight excluding hydrogens is 296 g/mol. The van der Waals surface area contributed by atoms with Crippen molar-refractivity contribution in [1.82, 2.24) is 0 Å². The Bertz CT molecular complexity index is 771. The molecule has 3 aromatic rings. The van der Waals surface area contributed by atoms with E-state index in [1.807, 2.05) is 48.5 Å². The summed E-state index contributed by atoms with van der Waals surface area (Å²) in [6.07, 6.45) is 1.62. The zero-order chi connectivity index (χ0) is 15.4. The number of anilines is 1. The average Bonchev–Trinajstić information content (AvgIpc) is 3.08. The Morgan fingerprint density at radius 3 is 2.55 bits per heavy atom. The summed E-state index contributed by atoms with van der Waals surface area (Å²) in [6.45, 7) is 0. The first-order chi connectivity index (χ1) is 10.7. The van der Waals surface area contributed by atoms with Gasteiger partial charge in [0, 0.05) is 16.0 Å². The molecule has 0 aliphatic rings. The molecule has 1 amide bonds. The number of nitrogens with one attached hydrogen (secondary N) is 1. The van der Waals surface area contributed by atoms with E-state index in [4.69, 9.17) is 10.2 Å². The number of furan rings is 1. The van der Waals surface area contributed by atoms with Gasteiger partial charge < -0.3 is 14.9 Å². The highest BCUT2D eigenvalue weighted by molar-refractivity contribution is 8.00. The summed E-state index contributed by atoms with van der Waals surface area (Å²) in [5.41, 5.74) is 7.46. The first-order valence-corrected chi connectivity index (χ1v) is 7.51. The fraction of sp³-hybridized carbons (Fsp3) is 0. The molecule has 22 heavy (non-hydrogen) atoms. The van der Waals surface area contributed by atoms with Gasteiger partial charge in [0.1, 0.15) is 5.76 Å². The second kappa shape index (κ2) is 6.41. The van der Waals surface area contributed by atoms with Gasteiger partial charge in [-0.15, -0.1) is 0 Å². The molecule has 4 nitrogen and oxygen atoms in total. The van der Waals surface area contributed by atoms with Crippen molar-refractivity contribution >= 4 is 23.5 Å². The van der Waals surface area contributed by atoms with Crippen molar-refractivity contribution in [2.75, 3.05) is 4.72 Å². The molecule has 3 N–H and O–H groups in total. The quantitative estimate of drug-likeness (QED) is 0.694. The fourth-order valence-corrected chi connectivity index (χ4v) is 2.72. The van der Waals surface area contributed by atoms with Gasteiger partial charge in [-0.25, -0.2) is 0 Å². The van der Waals surface area contributed by atoms with Crippen LogP contribution in [0.3, 0.4) is 0 Å². The van der Waals surface area contributed by atoms with Crippen molar-refractivity contribution in [1.29, 1.82) is 0 Å². The van der Waals surface area contributed by atoms with Gasteiger partial charge in [0.25, 0.3) is 0 Å². The van der Waals surface area contributed by atoms with Crippen LogP contribution >= 0.6 is 11.9 Å². The minimum Gasteiger partial charge on any atom is -0.464 e. The van der Waals surface area contributed by atoms with E-state index in [2.05, 4.69) is 4.72 Å². The highest BCUT2D eigenvalue weighted by Crippen LogP contribution is 2.32. The summed E-state index contributed by atoms with van der Waals surface area (Å²) in [5.74, 6) is 0.269. The second-order valence-corrected chi connectivity index (χ2v) is 5.50. The topological polar surface area (TPSA) is 68.3 Å². The van der Waals surface area contributed by atoms with Crippen LogP contribution in [0.2, 0.25) is 0 Å². The van der Waals surface area contributed by atoms with Crippen molar-refractivity contribution in [2.45, 2.75) is 4.90 Å². The van der Waals surface area contributed by atoms with Crippen LogP contribution < -0.4 is 10.5 Å². The van der Waals surface area contributed by atoms with E-state index in [9.17, 15) is 4.79 Å². The zero-order valence-electron chi connectivity index (χ0n) is 11.7. The first kappa shape index (κ1) is 14.3. The van der Waals surface area contributed by atoms with Crippen molar-refractivity contribution in [3.63, 3.8) is 0 Å². The summed E-state index contributed by atoms with van der Waals surface area (Å²) in [4.78, 5) is 12.5. The van der Waals surface area contributed by atoms with E-state index in [1.54, 1.807) is 18.4 Å². The summed E-state index contributed by atoms with van der Waals surface area (Å²) in [7, 11) is 0. The van der Waals surface area contributed by atoms with Crippen LogP contribution in [0.5, 0.6) is 0 Å². The smallest absolute Gasteiger partial charge is 0.248 e. The van der Waals surface area contributed by atoms with Gasteiger partial charge in [0.15, 0.2) is 0 Å². The van der Waals surface area contributed by atoms with Crippen molar-refractivity contribution in [3.8, 4) is 11.3 Å². The molecule has 0 saturated heterocycles. The predicted molar refractivity (Wildman–Crippen MR) is 88.6 cm³/mol. The minimum atomic E-state index is -0.459. The molecule has 1 heterocycles. The summed E-state index contributed by atoms with van der Waals surface area (Å²) >= 11 is 1.46. The molecule has 0 aliphatic carbocycles. The lowest BCUT2D eigenvalue weighted by molar-refractivity contribution is 0.100. The van der Waals surface area contributed by atoms with Gasteiger partial charge in [-0.1, -0.05) is 18.2 Å². The molecule has 0 unspecified atom stereocenters. The van der Waals surface area contributed by atoms with E-state index < -0.39 is 5.91 Å². The standard InChI is InChI=1S/C17H14N2O2S/c18-17(20)12-8-9-14(16-7-4-10-21-16)15(11-12)19-22-13-5-2-1-3-6-13/h1-11,19H,(H2,18,20). The Hall–Kier alpha value is -2.66. The Morgan fingerprint density at radius 2 is 1.86 bits per heavy atom. The van der Waals surface area contributed by atoms with Crippen LogP contribution in [0.25, 0.3) is 11.3 Å². The number of rotatable bonds is 5. The molecule has 110 valence electrons. The second-order valence-electron chi connectivity index (χ2n) is 4.62. The number of primary amides is 1. The molecule has 3 rings (SSSR count). The van der Waals surface area contributed by atoms with Crippen LogP contribution in [0.1, 0.15) is 10.4 Å². The number of benzene rings is 2. The number of carbonyl (C=O) groups is 1. The van der Waals surface area contributed by atoms with E-state index in [1.165, 1.54) is 11.9 Å². The van der Waals surface area contributed by atoms with Crippen LogP contribution in [-0.4, -0.2) is 5.91 Å². The third kappa shape index (κ3) is 3.15. The Labute approximate surface area is 132 Å². The molecule has 0 bridgehead atoms. The van der Waals surface area contributed by atoms with Gasteiger partial charge in [0.05, 0.1) is 12.0 Å². The lowest BCUT2D eigenvalue weighted by atomic mass is 10.1. The van der Waals surface area contributed by atoms with Crippen LogP contribution in [0, 0.1) is 0 Å².